The van der Waals surface area contributed by atoms with Crippen molar-refractivity contribution in [1.82, 2.24) is 13.7 Å². The minimum absolute atomic E-state index is 0.0871. The largest absolute Gasteiger partial charge is 0.344 e. The lowest BCUT2D eigenvalue weighted by Gasteiger charge is -2.38. The summed E-state index contributed by atoms with van der Waals surface area (Å²) >= 11 is 1.36. The SMILES string of the molecule is Cc1ccc(Cc2nsc(N3CCN(S(=O)(=O)c4ccc(N5CCCC5=O)cc4)C(C)C3)n2)cc1. The van der Waals surface area contributed by atoms with Crippen LogP contribution in [0.25, 0.3) is 0 Å². The molecule has 2 aromatic carbocycles. The highest BCUT2D eigenvalue weighted by atomic mass is 32.2. The zero-order chi connectivity index (χ0) is 24.6. The molecule has 3 aromatic rings. The highest BCUT2D eigenvalue weighted by molar-refractivity contribution is 7.89. The molecule has 0 radical (unpaired) electrons. The maximum absolute atomic E-state index is 13.4. The van der Waals surface area contributed by atoms with E-state index in [1.807, 2.05) is 6.92 Å². The zero-order valence-corrected chi connectivity index (χ0v) is 21.6. The number of aromatic nitrogens is 2. The van der Waals surface area contributed by atoms with Crippen LogP contribution in [0.1, 0.15) is 36.7 Å². The van der Waals surface area contributed by atoms with Crippen LogP contribution in [-0.4, -0.2) is 60.2 Å². The molecule has 1 aromatic heterocycles. The number of piperazine rings is 1. The summed E-state index contributed by atoms with van der Waals surface area (Å²) in [4.78, 5) is 20.8. The molecule has 0 aliphatic carbocycles. The van der Waals surface area contributed by atoms with Crippen LogP contribution >= 0.6 is 11.5 Å². The average Bonchev–Trinajstić information content (AvgIpc) is 3.49. The molecule has 1 unspecified atom stereocenters. The normalized spacial score (nSPS) is 19.5. The monoisotopic (exact) mass is 511 g/mol. The molecule has 8 nitrogen and oxygen atoms in total. The van der Waals surface area contributed by atoms with Crippen molar-refractivity contribution in [3.63, 3.8) is 0 Å². The molecule has 2 fully saturated rings. The van der Waals surface area contributed by atoms with Gasteiger partial charge in [-0.05, 0) is 50.1 Å². The van der Waals surface area contributed by atoms with E-state index in [4.69, 9.17) is 4.98 Å². The average molecular weight is 512 g/mol. The highest BCUT2D eigenvalue weighted by Crippen LogP contribution is 2.28. The Hall–Kier alpha value is -2.82. The summed E-state index contributed by atoms with van der Waals surface area (Å²) in [6.45, 7) is 6.16. The zero-order valence-electron chi connectivity index (χ0n) is 19.9. The maximum atomic E-state index is 13.4. The van der Waals surface area contributed by atoms with Crippen molar-refractivity contribution in [2.24, 2.45) is 0 Å². The number of carbonyl (C=O) groups excluding carboxylic acids is 1. The molecule has 0 spiro atoms. The number of carbonyl (C=O) groups is 1. The first kappa shape index (κ1) is 23.9. The van der Waals surface area contributed by atoms with E-state index in [-0.39, 0.29) is 16.8 Å². The quantitative estimate of drug-likeness (QED) is 0.504. The van der Waals surface area contributed by atoms with E-state index in [9.17, 15) is 13.2 Å². The van der Waals surface area contributed by atoms with Crippen LogP contribution < -0.4 is 9.80 Å². The number of hydrogen-bond donors (Lipinski definition) is 0. The second-order valence-corrected chi connectivity index (χ2v) is 11.8. The molecule has 184 valence electrons. The van der Waals surface area contributed by atoms with E-state index in [1.54, 1.807) is 33.5 Å². The number of rotatable bonds is 6. The second kappa shape index (κ2) is 9.67. The van der Waals surface area contributed by atoms with E-state index in [0.29, 0.717) is 39.0 Å². The van der Waals surface area contributed by atoms with Crippen molar-refractivity contribution < 1.29 is 13.2 Å². The third-order valence-electron chi connectivity index (χ3n) is 6.61. The number of hydrogen-bond acceptors (Lipinski definition) is 7. The van der Waals surface area contributed by atoms with Gasteiger partial charge < -0.3 is 9.80 Å². The predicted molar refractivity (Wildman–Crippen MR) is 137 cm³/mol. The third kappa shape index (κ3) is 4.96. The standard InChI is InChI=1S/C25H29N5O3S2/c1-18-5-7-20(8-6-18)16-23-26-25(34-27-23)28-14-15-30(19(2)17-28)35(32,33)22-11-9-21(10-12-22)29-13-3-4-24(29)31/h5-12,19H,3-4,13-17H2,1-2H3. The van der Waals surface area contributed by atoms with Gasteiger partial charge in [0.2, 0.25) is 21.1 Å². The molecule has 1 atom stereocenters. The molecule has 2 aliphatic rings. The topological polar surface area (TPSA) is 86.7 Å². The lowest BCUT2D eigenvalue weighted by Crippen LogP contribution is -2.54. The molecule has 5 rings (SSSR count). The van der Waals surface area contributed by atoms with Crippen molar-refractivity contribution in [1.29, 1.82) is 0 Å². The fraction of sp³-hybridized carbons (Fsp3) is 0.400. The molecule has 10 heteroatoms. The van der Waals surface area contributed by atoms with Gasteiger partial charge in [0, 0.05) is 62.3 Å². The number of aryl methyl sites for hydroxylation is 1. The van der Waals surface area contributed by atoms with E-state index >= 15 is 0 Å². The molecule has 0 saturated carbocycles. The van der Waals surface area contributed by atoms with E-state index in [2.05, 4.69) is 40.5 Å². The molecule has 2 saturated heterocycles. The predicted octanol–water partition coefficient (Wildman–Crippen LogP) is 3.46. The molecule has 2 aliphatic heterocycles. The van der Waals surface area contributed by atoms with Crippen molar-refractivity contribution in [2.45, 2.75) is 44.0 Å². The molecular formula is C25H29N5O3S2. The molecule has 0 N–H and O–H groups in total. The van der Waals surface area contributed by atoms with Crippen LogP contribution in [0.2, 0.25) is 0 Å². The Morgan fingerprint density at radius 3 is 2.43 bits per heavy atom. The summed E-state index contributed by atoms with van der Waals surface area (Å²) in [6, 6.07) is 14.8. The minimum Gasteiger partial charge on any atom is -0.344 e. The van der Waals surface area contributed by atoms with Crippen LogP contribution in [0.4, 0.5) is 10.8 Å². The van der Waals surface area contributed by atoms with Crippen molar-refractivity contribution in [3.05, 3.63) is 65.5 Å². The van der Waals surface area contributed by atoms with Crippen LogP contribution in [0, 0.1) is 6.92 Å². The lowest BCUT2D eigenvalue weighted by molar-refractivity contribution is -0.117. The molecular weight excluding hydrogens is 482 g/mol. The molecule has 3 heterocycles. The van der Waals surface area contributed by atoms with Gasteiger partial charge in [0.1, 0.15) is 5.82 Å². The van der Waals surface area contributed by atoms with Crippen LogP contribution in [0.5, 0.6) is 0 Å². The number of benzene rings is 2. The fourth-order valence-electron chi connectivity index (χ4n) is 4.66. The van der Waals surface area contributed by atoms with Gasteiger partial charge in [-0.2, -0.15) is 8.68 Å². The van der Waals surface area contributed by atoms with Crippen LogP contribution in [0.3, 0.4) is 0 Å². The summed E-state index contributed by atoms with van der Waals surface area (Å²) in [5, 5.41) is 0.829. The van der Waals surface area contributed by atoms with Gasteiger partial charge in [0.25, 0.3) is 0 Å². The first-order chi connectivity index (χ1) is 16.8. The Morgan fingerprint density at radius 2 is 1.77 bits per heavy atom. The summed E-state index contributed by atoms with van der Waals surface area (Å²) < 4.78 is 32.8. The number of anilines is 2. The van der Waals surface area contributed by atoms with Gasteiger partial charge in [-0.3, -0.25) is 4.79 Å². The Balaban J connectivity index is 1.24. The van der Waals surface area contributed by atoms with E-state index < -0.39 is 10.0 Å². The van der Waals surface area contributed by atoms with Gasteiger partial charge >= 0.3 is 0 Å². The Labute approximate surface area is 210 Å². The Kier molecular flexibility index (Phi) is 6.61. The van der Waals surface area contributed by atoms with Crippen LogP contribution in [-0.2, 0) is 21.2 Å². The molecule has 1 amide bonds. The maximum Gasteiger partial charge on any atom is 0.243 e. The Bertz CT molecular complexity index is 1310. The van der Waals surface area contributed by atoms with Gasteiger partial charge in [0.15, 0.2) is 0 Å². The van der Waals surface area contributed by atoms with Crippen LogP contribution in [0.15, 0.2) is 53.4 Å². The van der Waals surface area contributed by atoms with Crippen molar-refractivity contribution in [3.8, 4) is 0 Å². The molecule has 0 bridgehead atoms. The summed E-state index contributed by atoms with van der Waals surface area (Å²) in [7, 11) is -3.64. The van der Waals surface area contributed by atoms with E-state index in [1.165, 1.54) is 22.7 Å². The molecule has 35 heavy (non-hydrogen) atoms. The van der Waals surface area contributed by atoms with Gasteiger partial charge in [-0.25, -0.2) is 13.4 Å². The fourth-order valence-corrected chi connectivity index (χ4v) is 6.99. The Morgan fingerprint density at radius 1 is 1.03 bits per heavy atom. The van der Waals surface area contributed by atoms with Crippen molar-refractivity contribution >= 4 is 38.3 Å². The number of amides is 1. The highest BCUT2D eigenvalue weighted by Gasteiger charge is 2.35. The number of sulfonamides is 1. The third-order valence-corrected chi connectivity index (χ3v) is 9.45. The van der Waals surface area contributed by atoms with Crippen molar-refractivity contribution in [2.75, 3.05) is 36.0 Å². The van der Waals surface area contributed by atoms with Gasteiger partial charge in [-0.1, -0.05) is 29.8 Å². The smallest absolute Gasteiger partial charge is 0.243 e. The summed E-state index contributed by atoms with van der Waals surface area (Å²) in [5.41, 5.74) is 3.14. The lowest BCUT2D eigenvalue weighted by atomic mass is 10.1. The second-order valence-electron chi connectivity index (χ2n) is 9.21. The first-order valence-electron chi connectivity index (χ1n) is 11.9. The van der Waals surface area contributed by atoms with Gasteiger partial charge in [0.05, 0.1) is 4.90 Å². The summed E-state index contributed by atoms with van der Waals surface area (Å²) in [5.74, 6) is 0.872. The first-order valence-corrected chi connectivity index (χ1v) is 14.1. The summed E-state index contributed by atoms with van der Waals surface area (Å²) in [6.07, 6.45) is 2.06. The van der Waals surface area contributed by atoms with E-state index in [0.717, 1.165) is 23.1 Å². The minimum atomic E-state index is -3.64. The number of nitrogens with zero attached hydrogens (tertiary/aromatic N) is 5. The van der Waals surface area contributed by atoms with Gasteiger partial charge in [-0.15, -0.1) is 0 Å².